The van der Waals surface area contributed by atoms with E-state index in [0.717, 1.165) is 5.52 Å². The summed E-state index contributed by atoms with van der Waals surface area (Å²) >= 11 is 0. The summed E-state index contributed by atoms with van der Waals surface area (Å²) in [5, 5.41) is 8.17. The number of aromatic nitrogens is 2. The van der Waals surface area contributed by atoms with E-state index in [1.54, 1.807) is 0 Å². The van der Waals surface area contributed by atoms with Gasteiger partial charge in [0, 0.05) is 5.39 Å². The molecule has 0 atom stereocenters. The lowest BCUT2D eigenvalue weighted by Crippen LogP contribution is -1.91. The quantitative estimate of drug-likeness (QED) is 0.742. The Bertz CT molecular complexity index is 426. The van der Waals surface area contributed by atoms with Crippen LogP contribution in [0.3, 0.4) is 0 Å². The van der Waals surface area contributed by atoms with Gasteiger partial charge in [-0.2, -0.15) is 5.10 Å². The Morgan fingerprint density at radius 2 is 2.00 bits per heavy atom. The predicted octanol–water partition coefficient (Wildman–Crippen LogP) is 2.62. The average Bonchev–Trinajstić information content (AvgIpc) is 2.47. The fraction of sp³-hybridized carbons (Fsp3) is 0.300. The Morgan fingerprint density at radius 3 is 2.69 bits per heavy atom. The standard InChI is InChI=1S/C10H14N2S/c1-13(2,3)9-4-5-10-8(6-9)7-11-12-10/h4-7H,1-3H3,(H,11,12). The van der Waals surface area contributed by atoms with Gasteiger partial charge in [0.25, 0.3) is 0 Å². The predicted molar refractivity (Wildman–Crippen MR) is 59.7 cm³/mol. The van der Waals surface area contributed by atoms with Gasteiger partial charge in [0.05, 0.1) is 11.7 Å². The third-order valence-electron chi connectivity index (χ3n) is 2.12. The molecule has 2 nitrogen and oxygen atoms in total. The number of nitrogens with zero attached hydrogens (tertiary/aromatic N) is 1. The second-order valence-corrected chi connectivity index (χ2v) is 8.10. The Morgan fingerprint density at radius 1 is 1.23 bits per heavy atom. The number of hydrogen-bond acceptors (Lipinski definition) is 1. The van der Waals surface area contributed by atoms with Crippen LogP contribution in [-0.2, 0) is 0 Å². The minimum Gasteiger partial charge on any atom is -0.278 e. The summed E-state index contributed by atoms with van der Waals surface area (Å²) < 4.78 is 0. The minimum atomic E-state index is -0.614. The van der Waals surface area contributed by atoms with Gasteiger partial charge in [0.1, 0.15) is 0 Å². The topological polar surface area (TPSA) is 28.7 Å². The summed E-state index contributed by atoms with van der Waals surface area (Å²) in [7, 11) is -0.614. The first kappa shape index (κ1) is 8.63. The van der Waals surface area contributed by atoms with Crippen LogP contribution in [0, 0.1) is 0 Å². The smallest absolute Gasteiger partial charge is 0.0651 e. The lowest BCUT2D eigenvalue weighted by Gasteiger charge is -2.25. The first-order valence-electron chi connectivity index (χ1n) is 4.19. The summed E-state index contributed by atoms with van der Waals surface area (Å²) in [6, 6.07) is 6.53. The number of benzene rings is 1. The lowest BCUT2D eigenvalue weighted by atomic mass is 10.3. The van der Waals surface area contributed by atoms with E-state index in [-0.39, 0.29) is 0 Å². The third-order valence-corrected chi connectivity index (χ3v) is 3.79. The molecular weight excluding hydrogens is 180 g/mol. The summed E-state index contributed by atoms with van der Waals surface area (Å²) in [4.78, 5) is 1.43. The van der Waals surface area contributed by atoms with Gasteiger partial charge in [-0.05, 0) is 41.9 Å². The molecule has 1 N–H and O–H groups in total. The maximum Gasteiger partial charge on any atom is 0.0651 e. The van der Waals surface area contributed by atoms with Crippen molar-refractivity contribution in [3.05, 3.63) is 24.4 Å². The van der Waals surface area contributed by atoms with E-state index in [1.165, 1.54) is 10.3 Å². The van der Waals surface area contributed by atoms with Crippen LogP contribution in [0.4, 0.5) is 0 Å². The third kappa shape index (κ3) is 1.56. The largest absolute Gasteiger partial charge is 0.278 e. The van der Waals surface area contributed by atoms with Gasteiger partial charge in [-0.3, -0.25) is 5.10 Å². The van der Waals surface area contributed by atoms with Crippen molar-refractivity contribution in [2.75, 3.05) is 18.8 Å². The average molecular weight is 194 g/mol. The van der Waals surface area contributed by atoms with Crippen LogP contribution in [0.15, 0.2) is 29.3 Å². The second-order valence-electron chi connectivity index (χ2n) is 3.96. The fourth-order valence-electron chi connectivity index (χ4n) is 1.30. The molecule has 0 saturated heterocycles. The van der Waals surface area contributed by atoms with E-state index in [0.29, 0.717) is 0 Å². The van der Waals surface area contributed by atoms with E-state index in [2.05, 4.69) is 47.2 Å². The van der Waals surface area contributed by atoms with Crippen LogP contribution in [-0.4, -0.2) is 29.0 Å². The van der Waals surface area contributed by atoms with Crippen molar-refractivity contribution in [2.45, 2.75) is 4.90 Å². The normalized spacial score (nSPS) is 13.5. The SMILES string of the molecule is CS(C)(C)c1ccc2[nH]ncc2c1. The van der Waals surface area contributed by atoms with Gasteiger partial charge in [0.2, 0.25) is 0 Å². The first-order chi connectivity index (χ1) is 6.07. The van der Waals surface area contributed by atoms with Crippen LogP contribution < -0.4 is 0 Å². The van der Waals surface area contributed by atoms with Crippen LogP contribution >= 0.6 is 10.0 Å². The minimum absolute atomic E-state index is 0.614. The molecule has 0 amide bonds. The van der Waals surface area contributed by atoms with Crippen molar-refractivity contribution >= 4 is 20.9 Å². The van der Waals surface area contributed by atoms with Gasteiger partial charge < -0.3 is 0 Å². The van der Waals surface area contributed by atoms with Gasteiger partial charge in [0.15, 0.2) is 0 Å². The number of hydrogen-bond donors (Lipinski definition) is 1. The zero-order valence-electron chi connectivity index (χ0n) is 8.16. The summed E-state index contributed by atoms with van der Waals surface area (Å²) in [5.41, 5.74) is 1.12. The molecule has 0 fully saturated rings. The van der Waals surface area contributed by atoms with Crippen molar-refractivity contribution < 1.29 is 0 Å². The maximum absolute atomic E-state index is 4.01. The molecule has 1 aromatic carbocycles. The van der Waals surface area contributed by atoms with Crippen LogP contribution in [0.5, 0.6) is 0 Å². The Labute approximate surface area is 79.7 Å². The van der Waals surface area contributed by atoms with Crippen LogP contribution in [0.1, 0.15) is 0 Å². The monoisotopic (exact) mass is 194 g/mol. The van der Waals surface area contributed by atoms with E-state index in [4.69, 9.17) is 0 Å². The van der Waals surface area contributed by atoms with Gasteiger partial charge in [-0.15, -0.1) is 0 Å². The van der Waals surface area contributed by atoms with Crippen molar-refractivity contribution in [1.29, 1.82) is 0 Å². The molecule has 0 aliphatic carbocycles. The molecule has 2 rings (SSSR count). The zero-order chi connectivity index (χ0) is 9.47. The van der Waals surface area contributed by atoms with Crippen molar-refractivity contribution in [3.63, 3.8) is 0 Å². The summed E-state index contributed by atoms with van der Waals surface area (Å²) in [6.07, 6.45) is 8.78. The van der Waals surface area contributed by atoms with Crippen molar-refractivity contribution in [1.82, 2.24) is 10.2 Å². The molecule has 0 unspecified atom stereocenters. The van der Waals surface area contributed by atoms with E-state index >= 15 is 0 Å². The van der Waals surface area contributed by atoms with E-state index in [1.807, 2.05) is 6.20 Å². The molecule has 0 bridgehead atoms. The zero-order valence-corrected chi connectivity index (χ0v) is 8.98. The van der Waals surface area contributed by atoms with Gasteiger partial charge in [-0.25, -0.2) is 10.0 Å². The molecule has 3 heteroatoms. The highest BCUT2D eigenvalue weighted by atomic mass is 32.3. The summed E-state index contributed by atoms with van der Waals surface area (Å²) in [5.74, 6) is 0. The number of nitrogens with one attached hydrogen (secondary N) is 1. The maximum atomic E-state index is 4.01. The molecule has 0 aliphatic rings. The molecule has 13 heavy (non-hydrogen) atoms. The molecule has 1 aromatic heterocycles. The Kier molecular flexibility index (Phi) is 1.84. The molecule has 0 radical (unpaired) electrons. The second kappa shape index (κ2) is 2.77. The van der Waals surface area contributed by atoms with Crippen LogP contribution in [0.25, 0.3) is 10.9 Å². The highest BCUT2D eigenvalue weighted by Gasteiger charge is 2.08. The lowest BCUT2D eigenvalue weighted by molar-refractivity contribution is 1.12. The molecule has 2 aromatic rings. The molecule has 70 valence electrons. The summed E-state index contributed by atoms with van der Waals surface area (Å²) in [6.45, 7) is 0. The van der Waals surface area contributed by atoms with Crippen molar-refractivity contribution in [2.24, 2.45) is 0 Å². The first-order valence-corrected chi connectivity index (χ1v) is 7.05. The Balaban J connectivity index is 2.61. The van der Waals surface area contributed by atoms with E-state index in [9.17, 15) is 0 Å². The van der Waals surface area contributed by atoms with E-state index < -0.39 is 10.0 Å². The highest BCUT2D eigenvalue weighted by Crippen LogP contribution is 2.45. The molecule has 0 spiro atoms. The number of H-pyrrole nitrogens is 1. The number of aromatic amines is 1. The molecule has 0 saturated carbocycles. The van der Waals surface area contributed by atoms with Gasteiger partial charge in [-0.1, -0.05) is 0 Å². The van der Waals surface area contributed by atoms with Crippen molar-refractivity contribution in [3.8, 4) is 0 Å². The molecule has 1 heterocycles. The molecule has 0 aliphatic heterocycles. The number of fused-ring (bicyclic) bond motifs is 1. The van der Waals surface area contributed by atoms with Crippen LogP contribution in [0.2, 0.25) is 0 Å². The number of rotatable bonds is 1. The fourth-order valence-corrected chi connectivity index (χ4v) is 2.26. The van der Waals surface area contributed by atoms with Gasteiger partial charge >= 0.3 is 0 Å². The Hall–Kier alpha value is -0.960. The molecular formula is C10H14N2S. The highest BCUT2D eigenvalue weighted by molar-refractivity contribution is 8.32.